The molecule has 1 heterocycles. The summed E-state index contributed by atoms with van der Waals surface area (Å²) in [4.78, 5) is 23.9. The number of carboxylic acids is 1. The van der Waals surface area contributed by atoms with Crippen molar-refractivity contribution in [3.05, 3.63) is 59.2 Å². The fourth-order valence-corrected chi connectivity index (χ4v) is 2.92. The molecule has 2 aromatic carbocycles. The van der Waals surface area contributed by atoms with Crippen molar-refractivity contribution in [1.82, 2.24) is 5.32 Å². The SMILES string of the molecule is O=C(Cc1cccc(OC(F)(F)F)c1)NC(C(=O)O)c1ccc2c(c1)CCO2. The van der Waals surface area contributed by atoms with Crippen LogP contribution in [-0.2, 0) is 22.4 Å². The van der Waals surface area contributed by atoms with Gasteiger partial charge in [-0.3, -0.25) is 4.79 Å². The van der Waals surface area contributed by atoms with Crippen molar-refractivity contribution in [1.29, 1.82) is 0 Å². The maximum absolute atomic E-state index is 12.3. The summed E-state index contributed by atoms with van der Waals surface area (Å²) in [5.74, 6) is -1.67. The molecule has 0 bridgehead atoms. The van der Waals surface area contributed by atoms with Crippen LogP contribution in [-0.4, -0.2) is 30.0 Å². The highest BCUT2D eigenvalue weighted by molar-refractivity contribution is 5.85. The lowest BCUT2D eigenvalue weighted by Crippen LogP contribution is -2.34. The fraction of sp³-hybridized carbons (Fsp3) is 0.263. The molecule has 6 nitrogen and oxygen atoms in total. The number of aliphatic carboxylic acids is 1. The van der Waals surface area contributed by atoms with Crippen LogP contribution in [0.15, 0.2) is 42.5 Å². The van der Waals surface area contributed by atoms with Crippen molar-refractivity contribution >= 4 is 11.9 Å². The van der Waals surface area contributed by atoms with Crippen LogP contribution in [0.4, 0.5) is 13.2 Å². The number of carboxylic acid groups (broad SMARTS) is 1. The van der Waals surface area contributed by atoms with Gasteiger partial charge in [-0.25, -0.2) is 4.79 Å². The Hall–Kier alpha value is -3.23. The van der Waals surface area contributed by atoms with E-state index in [4.69, 9.17) is 4.74 Å². The molecule has 28 heavy (non-hydrogen) atoms. The Balaban J connectivity index is 1.70. The van der Waals surface area contributed by atoms with E-state index >= 15 is 0 Å². The van der Waals surface area contributed by atoms with Gasteiger partial charge in [0.25, 0.3) is 0 Å². The normalized spacial score (nSPS) is 14.0. The quantitative estimate of drug-likeness (QED) is 0.786. The zero-order chi connectivity index (χ0) is 20.3. The number of fused-ring (bicyclic) bond motifs is 1. The number of hydrogen-bond acceptors (Lipinski definition) is 4. The fourth-order valence-electron chi connectivity index (χ4n) is 2.92. The average molecular weight is 395 g/mol. The topological polar surface area (TPSA) is 84.9 Å². The summed E-state index contributed by atoms with van der Waals surface area (Å²) in [6.45, 7) is 0.513. The molecule has 1 atom stereocenters. The molecule has 0 saturated heterocycles. The zero-order valence-corrected chi connectivity index (χ0v) is 14.5. The van der Waals surface area contributed by atoms with Crippen molar-refractivity contribution in [3.8, 4) is 11.5 Å². The summed E-state index contributed by atoms with van der Waals surface area (Å²) < 4.78 is 46.1. The minimum absolute atomic E-state index is 0.255. The summed E-state index contributed by atoms with van der Waals surface area (Å²) in [6.07, 6.45) is -4.49. The highest BCUT2D eigenvalue weighted by atomic mass is 19.4. The maximum Gasteiger partial charge on any atom is 0.573 e. The standard InChI is InChI=1S/C19H16F3NO5/c20-19(21,22)28-14-3-1-2-11(8-14)9-16(24)23-17(18(25)26)13-4-5-15-12(10-13)6-7-27-15/h1-5,8,10,17H,6-7,9H2,(H,23,24)(H,25,26). The predicted molar refractivity (Wildman–Crippen MR) is 91.0 cm³/mol. The lowest BCUT2D eigenvalue weighted by Gasteiger charge is -2.16. The molecule has 0 aliphatic carbocycles. The second-order valence-electron chi connectivity index (χ2n) is 6.18. The monoisotopic (exact) mass is 395 g/mol. The highest BCUT2D eigenvalue weighted by Gasteiger charge is 2.31. The molecule has 9 heteroatoms. The third-order valence-corrected chi connectivity index (χ3v) is 4.10. The summed E-state index contributed by atoms with van der Waals surface area (Å²) in [7, 11) is 0. The summed E-state index contributed by atoms with van der Waals surface area (Å²) in [6, 6.07) is 8.55. The molecule has 1 aliphatic heterocycles. The van der Waals surface area contributed by atoms with Crippen molar-refractivity contribution < 1.29 is 37.3 Å². The van der Waals surface area contributed by atoms with Crippen LogP contribution < -0.4 is 14.8 Å². The van der Waals surface area contributed by atoms with Gasteiger partial charge in [0.1, 0.15) is 11.5 Å². The molecule has 0 saturated carbocycles. The molecule has 0 spiro atoms. The Morgan fingerprint density at radius 2 is 2.00 bits per heavy atom. The van der Waals surface area contributed by atoms with Crippen LogP contribution in [0.25, 0.3) is 0 Å². The van der Waals surface area contributed by atoms with E-state index in [1.165, 1.54) is 12.1 Å². The van der Waals surface area contributed by atoms with Gasteiger partial charge in [0, 0.05) is 6.42 Å². The predicted octanol–water partition coefficient (Wildman–Crippen LogP) is 3.00. The summed E-state index contributed by atoms with van der Waals surface area (Å²) >= 11 is 0. The number of halogens is 3. The average Bonchev–Trinajstić information content (AvgIpc) is 3.05. The second kappa shape index (κ2) is 7.79. The number of alkyl halides is 3. The number of carbonyl (C=O) groups excluding carboxylic acids is 1. The Morgan fingerprint density at radius 3 is 2.71 bits per heavy atom. The largest absolute Gasteiger partial charge is 0.573 e. The van der Waals surface area contributed by atoms with E-state index in [1.807, 2.05) is 0 Å². The van der Waals surface area contributed by atoms with E-state index in [0.29, 0.717) is 24.3 Å². The van der Waals surface area contributed by atoms with Gasteiger partial charge in [0.15, 0.2) is 6.04 Å². The number of carbonyl (C=O) groups is 2. The molecule has 1 aliphatic rings. The van der Waals surface area contributed by atoms with Crippen LogP contribution in [0.1, 0.15) is 22.7 Å². The van der Waals surface area contributed by atoms with Gasteiger partial charge < -0.3 is 19.9 Å². The van der Waals surface area contributed by atoms with Crippen molar-refractivity contribution in [2.75, 3.05) is 6.61 Å². The number of ether oxygens (including phenoxy) is 2. The van der Waals surface area contributed by atoms with Crippen LogP contribution >= 0.6 is 0 Å². The van der Waals surface area contributed by atoms with Gasteiger partial charge in [-0.2, -0.15) is 0 Å². The van der Waals surface area contributed by atoms with Gasteiger partial charge in [-0.05, 0) is 41.0 Å². The number of amides is 1. The van der Waals surface area contributed by atoms with Gasteiger partial charge in [-0.15, -0.1) is 13.2 Å². The van der Waals surface area contributed by atoms with Crippen molar-refractivity contribution in [3.63, 3.8) is 0 Å². The highest BCUT2D eigenvalue weighted by Crippen LogP contribution is 2.28. The Kier molecular flexibility index (Phi) is 5.43. The van der Waals surface area contributed by atoms with E-state index < -0.39 is 30.0 Å². The number of benzene rings is 2. The third-order valence-electron chi connectivity index (χ3n) is 4.10. The molecule has 1 unspecified atom stereocenters. The molecule has 2 N–H and O–H groups in total. The molecule has 2 aromatic rings. The smallest absolute Gasteiger partial charge is 0.493 e. The van der Waals surface area contributed by atoms with Crippen LogP contribution in [0.5, 0.6) is 11.5 Å². The molecular formula is C19H16F3NO5. The Labute approximate surface area is 157 Å². The first kappa shape index (κ1) is 19.5. The Morgan fingerprint density at radius 1 is 1.21 bits per heavy atom. The van der Waals surface area contributed by atoms with E-state index in [0.717, 1.165) is 17.7 Å². The number of rotatable bonds is 6. The van der Waals surface area contributed by atoms with Crippen LogP contribution in [0.3, 0.4) is 0 Å². The first-order valence-electron chi connectivity index (χ1n) is 8.34. The van der Waals surface area contributed by atoms with Gasteiger partial charge in [0.05, 0.1) is 13.0 Å². The van der Waals surface area contributed by atoms with Crippen molar-refractivity contribution in [2.24, 2.45) is 0 Å². The molecule has 3 rings (SSSR count). The minimum atomic E-state index is -4.84. The van der Waals surface area contributed by atoms with E-state index in [1.54, 1.807) is 18.2 Å². The lowest BCUT2D eigenvalue weighted by molar-refractivity contribution is -0.274. The molecular weight excluding hydrogens is 379 g/mol. The van der Waals surface area contributed by atoms with Gasteiger partial charge in [-0.1, -0.05) is 18.2 Å². The molecule has 0 fully saturated rings. The molecule has 1 amide bonds. The number of hydrogen-bond donors (Lipinski definition) is 2. The van der Waals surface area contributed by atoms with Crippen LogP contribution in [0, 0.1) is 0 Å². The third kappa shape index (κ3) is 4.93. The van der Waals surface area contributed by atoms with Gasteiger partial charge >= 0.3 is 12.3 Å². The summed E-state index contributed by atoms with van der Waals surface area (Å²) in [5, 5.41) is 11.9. The first-order chi connectivity index (χ1) is 13.2. The van der Waals surface area contributed by atoms with Gasteiger partial charge in [0.2, 0.25) is 5.91 Å². The van der Waals surface area contributed by atoms with Crippen LogP contribution in [0.2, 0.25) is 0 Å². The molecule has 0 aromatic heterocycles. The molecule has 0 radical (unpaired) electrons. The second-order valence-corrected chi connectivity index (χ2v) is 6.18. The van der Waals surface area contributed by atoms with E-state index in [9.17, 15) is 27.9 Å². The lowest BCUT2D eigenvalue weighted by atomic mass is 10.0. The van der Waals surface area contributed by atoms with Crippen molar-refractivity contribution in [2.45, 2.75) is 25.2 Å². The Bertz CT molecular complexity index is 897. The number of nitrogens with one attached hydrogen (secondary N) is 1. The van der Waals surface area contributed by atoms with E-state index in [-0.39, 0.29) is 12.0 Å². The van der Waals surface area contributed by atoms with E-state index in [2.05, 4.69) is 10.1 Å². The molecule has 148 valence electrons. The zero-order valence-electron chi connectivity index (χ0n) is 14.5. The maximum atomic E-state index is 12.3. The minimum Gasteiger partial charge on any atom is -0.493 e. The summed E-state index contributed by atoms with van der Waals surface area (Å²) in [5.41, 5.74) is 1.50. The first-order valence-corrected chi connectivity index (χ1v) is 8.34.